The second-order valence-electron chi connectivity index (χ2n) is 20.9. The summed E-state index contributed by atoms with van der Waals surface area (Å²) in [6.07, 6.45) is 0. The zero-order valence-electron chi connectivity index (χ0n) is 41.4. The van der Waals surface area contributed by atoms with Gasteiger partial charge in [0.2, 0.25) is 0 Å². The lowest BCUT2D eigenvalue weighted by atomic mass is 9.82. The summed E-state index contributed by atoms with van der Waals surface area (Å²) >= 11 is 0. The fourth-order valence-electron chi connectivity index (χ4n) is 12.3. The summed E-state index contributed by atoms with van der Waals surface area (Å²) in [5, 5.41) is 2.23. The smallest absolute Gasteiger partial charge is 0.138 e. The Balaban J connectivity index is 0.894. The van der Waals surface area contributed by atoms with Crippen molar-refractivity contribution in [2.75, 3.05) is 9.80 Å². The van der Waals surface area contributed by atoms with Gasteiger partial charge in [0.05, 0.1) is 5.69 Å². The predicted octanol–water partition coefficient (Wildman–Crippen LogP) is 19.5. The first-order valence-electron chi connectivity index (χ1n) is 25.5. The monoisotopic (exact) mass is 936 g/mol. The van der Waals surface area contributed by atoms with E-state index in [-0.39, 0.29) is 10.8 Å². The van der Waals surface area contributed by atoms with E-state index >= 15 is 0 Å². The SMILES string of the molecule is CC1(C)c2ccccc2-c2ccc(N(c3ccc(-c4ccccc4)cc3)c3ccc4c(c3)-c3cccc5cc(N(c6ccc(-c7ccccc7)cc6)c6ccc7c(c6)C(C)(C)c6ccccc6-7)cc(c35)O4)cc21. The summed E-state index contributed by atoms with van der Waals surface area (Å²) in [6, 6.07) is 88.9. The van der Waals surface area contributed by atoms with E-state index < -0.39 is 0 Å². The summed E-state index contributed by atoms with van der Waals surface area (Å²) in [4.78, 5) is 4.81. The lowest BCUT2D eigenvalue weighted by Crippen LogP contribution is -2.16. The first kappa shape index (κ1) is 42.9. The molecule has 14 rings (SSSR count). The standard InChI is InChI=1S/C70H52N2O/c1-69(2)62-24-13-11-21-56(62)58-37-34-53(42-64(58)69)71(50-30-26-47(27-31-50)45-16-7-5-8-17-45)52-36-39-66-61(41-52)60-23-15-20-49-40-55(44-67(73-66)68(49)60)72(51-32-28-48(29-33-51)46-18-9-6-10-19-46)54-35-38-59-57-22-12-14-25-63(57)70(3,4)65(59)43-54/h5-44H,1-4H3. The van der Waals surface area contributed by atoms with Gasteiger partial charge in [-0.3, -0.25) is 0 Å². The molecule has 0 aromatic heterocycles. The van der Waals surface area contributed by atoms with Crippen molar-refractivity contribution in [2.45, 2.75) is 38.5 Å². The molecule has 11 aromatic carbocycles. The lowest BCUT2D eigenvalue weighted by Gasteiger charge is -2.31. The largest absolute Gasteiger partial charge is 0.456 e. The van der Waals surface area contributed by atoms with Crippen molar-refractivity contribution >= 4 is 44.9 Å². The van der Waals surface area contributed by atoms with Gasteiger partial charge in [0.1, 0.15) is 11.5 Å². The second kappa shape index (κ2) is 16.3. The van der Waals surface area contributed by atoms with Crippen LogP contribution in [0.15, 0.2) is 243 Å². The maximum atomic E-state index is 7.13. The minimum absolute atomic E-state index is 0.142. The third-order valence-corrected chi connectivity index (χ3v) is 16.0. The molecule has 0 unspecified atom stereocenters. The van der Waals surface area contributed by atoms with Crippen molar-refractivity contribution in [1.82, 2.24) is 0 Å². The quantitative estimate of drug-likeness (QED) is 0.151. The summed E-state index contributed by atoms with van der Waals surface area (Å²) in [5.74, 6) is 1.68. The molecule has 0 N–H and O–H groups in total. The Morgan fingerprint density at radius 3 is 1.25 bits per heavy atom. The highest BCUT2D eigenvalue weighted by molar-refractivity contribution is 6.07. The van der Waals surface area contributed by atoms with Gasteiger partial charge in [-0.1, -0.05) is 191 Å². The Kier molecular flexibility index (Phi) is 9.59. The summed E-state index contributed by atoms with van der Waals surface area (Å²) in [6.45, 7) is 9.41. The molecule has 3 heteroatoms. The third kappa shape index (κ3) is 6.80. The highest BCUT2D eigenvalue weighted by Gasteiger charge is 2.37. The minimum atomic E-state index is -0.148. The first-order chi connectivity index (χ1) is 35.7. The molecular weight excluding hydrogens is 885 g/mol. The number of nitrogens with zero attached hydrogens (tertiary/aromatic N) is 2. The van der Waals surface area contributed by atoms with Crippen molar-refractivity contribution in [2.24, 2.45) is 0 Å². The maximum Gasteiger partial charge on any atom is 0.138 e. The molecule has 11 aromatic rings. The van der Waals surface area contributed by atoms with E-state index in [9.17, 15) is 0 Å². The molecular formula is C70H52N2O. The molecule has 0 atom stereocenters. The average molecular weight is 937 g/mol. The number of hydrogen-bond donors (Lipinski definition) is 0. The molecule has 2 aliphatic carbocycles. The van der Waals surface area contributed by atoms with Crippen molar-refractivity contribution < 1.29 is 4.74 Å². The summed E-state index contributed by atoms with van der Waals surface area (Å²) < 4.78 is 7.13. The van der Waals surface area contributed by atoms with E-state index in [4.69, 9.17) is 4.74 Å². The van der Waals surface area contributed by atoms with E-state index in [1.807, 2.05) is 0 Å². The lowest BCUT2D eigenvalue weighted by molar-refractivity contribution is 0.487. The molecule has 0 bridgehead atoms. The number of fused-ring (bicyclic) bond motifs is 8. The van der Waals surface area contributed by atoms with E-state index in [2.05, 4.69) is 280 Å². The average Bonchev–Trinajstić information content (AvgIpc) is 3.81. The number of ether oxygens (including phenoxy) is 1. The van der Waals surface area contributed by atoms with E-state index in [1.54, 1.807) is 0 Å². The molecule has 3 nitrogen and oxygen atoms in total. The number of benzene rings is 11. The predicted molar refractivity (Wildman–Crippen MR) is 305 cm³/mol. The van der Waals surface area contributed by atoms with E-state index in [0.717, 1.165) is 67.5 Å². The Bertz CT molecular complexity index is 3980. The van der Waals surface area contributed by atoms with Gasteiger partial charge in [-0.05, 0) is 151 Å². The molecule has 0 amide bonds. The van der Waals surface area contributed by atoms with Crippen LogP contribution in [-0.2, 0) is 10.8 Å². The molecule has 73 heavy (non-hydrogen) atoms. The van der Waals surface area contributed by atoms with Crippen molar-refractivity contribution in [1.29, 1.82) is 0 Å². The molecule has 0 saturated heterocycles. The number of anilines is 6. The fraction of sp³-hybridized carbons (Fsp3) is 0.0857. The van der Waals surface area contributed by atoms with Gasteiger partial charge >= 0.3 is 0 Å². The minimum Gasteiger partial charge on any atom is -0.456 e. The van der Waals surface area contributed by atoms with Crippen LogP contribution in [0.2, 0.25) is 0 Å². The summed E-state index contributed by atoms with van der Waals surface area (Å²) in [5.41, 5.74) is 23.8. The van der Waals surface area contributed by atoms with Crippen LogP contribution >= 0.6 is 0 Å². The van der Waals surface area contributed by atoms with Gasteiger partial charge in [0, 0.05) is 56.3 Å². The van der Waals surface area contributed by atoms with Gasteiger partial charge in [-0.2, -0.15) is 0 Å². The van der Waals surface area contributed by atoms with Crippen LogP contribution in [0.4, 0.5) is 34.1 Å². The van der Waals surface area contributed by atoms with Gasteiger partial charge in [0.15, 0.2) is 0 Å². The van der Waals surface area contributed by atoms with Crippen LogP contribution in [-0.4, -0.2) is 0 Å². The third-order valence-electron chi connectivity index (χ3n) is 16.0. The Morgan fingerprint density at radius 2 is 0.699 bits per heavy atom. The van der Waals surface area contributed by atoms with Crippen LogP contribution in [0, 0.1) is 0 Å². The molecule has 1 aliphatic heterocycles. The van der Waals surface area contributed by atoms with Crippen LogP contribution in [0.3, 0.4) is 0 Å². The second-order valence-corrected chi connectivity index (χ2v) is 20.9. The van der Waals surface area contributed by atoms with Crippen molar-refractivity contribution in [3.05, 3.63) is 265 Å². The molecule has 0 radical (unpaired) electrons. The Hall–Kier alpha value is -8.92. The van der Waals surface area contributed by atoms with Crippen LogP contribution < -0.4 is 14.5 Å². The van der Waals surface area contributed by atoms with Crippen LogP contribution in [0.25, 0.3) is 66.4 Å². The Morgan fingerprint density at radius 1 is 0.274 bits per heavy atom. The molecule has 0 spiro atoms. The number of rotatable bonds is 8. The summed E-state index contributed by atoms with van der Waals surface area (Å²) in [7, 11) is 0. The highest BCUT2D eigenvalue weighted by atomic mass is 16.5. The van der Waals surface area contributed by atoms with Gasteiger partial charge in [-0.25, -0.2) is 0 Å². The molecule has 1 heterocycles. The van der Waals surface area contributed by atoms with Crippen LogP contribution in [0.1, 0.15) is 49.9 Å². The van der Waals surface area contributed by atoms with Gasteiger partial charge < -0.3 is 14.5 Å². The topological polar surface area (TPSA) is 15.7 Å². The number of hydrogen-bond acceptors (Lipinski definition) is 3. The van der Waals surface area contributed by atoms with Gasteiger partial charge in [-0.15, -0.1) is 0 Å². The molecule has 0 saturated carbocycles. The molecule has 348 valence electrons. The zero-order chi connectivity index (χ0) is 49.0. The molecule has 3 aliphatic rings. The van der Waals surface area contributed by atoms with Crippen molar-refractivity contribution in [3.63, 3.8) is 0 Å². The van der Waals surface area contributed by atoms with Gasteiger partial charge in [0.25, 0.3) is 0 Å². The van der Waals surface area contributed by atoms with E-state index in [1.165, 1.54) is 66.8 Å². The van der Waals surface area contributed by atoms with Crippen molar-refractivity contribution in [3.8, 4) is 67.1 Å². The Labute approximate surface area is 427 Å². The fourth-order valence-corrected chi connectivity index (χ4v) is 12.3. The first-order valence-corrected chi connectivity index (χ1v) is 25.5. The zero-order valence-corrected chi connectivity index (χ0v) is 41.4. The van der Waals surface area contributed by atoms with Crippen LogP contribution in [0.5, 0.6) is 11.5 Å². The normalized spacial score (nSPS) is 13.8. The van der Waals surface area contributed by atoms with E-state index in [0.29, 0.717) is 0 Å². The maximum absolute atomic E-state index is 7.13. The highest BCUT2D eigenvalue weighted by Crippen LogP contribution is 2.55. The molecule has 0 fully saturated rings.